The third-order valence-electron chi connectivity index (χ3n) is 6.79. The van der Waals surface area contributed by atoms with Crippen LogP contribution >= 0.6 is 15.9 Å². The molecule has 0 aromatic heterocycles. The molecule has 0 aliphatic heterocycles. The molecule has 0 unspecified atom stereocenters. The maximum atomic E-state index is 10.9. The average molecular weight is 271 g/mol. The van der Waals surface area contributed by atoms with E-state index < -0.39 is 11.2 Å². The first-order valence-corrected chi connectivity index (χ1v) is 7.01. The minimum absolute atomic E-state index is 0.165. The third kappa shape index (κ3) is 0.502. The SMILES string of the molecule is C[C@]1(O)[C@H]2[C@H]3C[C@H]4[C@H]5[C@@H]3[C@H]1[C@](O)([C@@H]42)[C@@H]5Br. The summed E-state index contributed by atoms with van der Waals surface area (Å²) in [6.07, 6.45) is 1.28. The van der Waals surface area contributed by atoms with Crippen LogP contribution in [0.5, 0.6) is 0 Å². The number of aliphatic hydroxyl groups is 2. The molecule has 0 aromatic carbocycles. The van der Waals surface area contributed by atoms with Crippen LogP contribution in [0, 0.1) is 41.4 Å². The van der Waals surface area contributed by atoms with Gasteiger partial charge in [-0.15, -0.1) is 0 Å². The molecule has 3 heteroatoms. The lowest BCUT2D eigenvalue weighted by Crippen LogP contribution is -2.47. The van der Waals surface area contributed by atoms with E-state index in [4.69, 9.17) is 0 Å². The molecule has 0 aromatic rings. The van der Waals surface area contributed by atoms with Crippen LogP contribution in [-0.4, -0.2) is 26.2 Å². The molecular weight excluding hydrogens is 256 g/mol. The molecule has 2 N–H and O–H groups in total. The van der Waals surface area contributed by atoms with E-state index in [-0.39, 0.29) is 10.7 Å². The van der Waals surface area contributed by atoms with Crippen molar-refractivity contribution in [2.75, 3.05) is 0 Å². The van der Waals surface area contributed by atoms with Crippen LogP contribution in [0.15, 0.2) is 0 Å². The van der Waals surface area contributed by atoms with E-state index in [9.17, 15) is 10.2 Å². The summed E-state index contributed by atoms with van der Waals surface area (Å²) >= 11 is 3.73. The fourth-order valence-electron chi connectivity index (χ4n) is 7.06. The maximum Gasteiger partial charge on any atom is 0.0867 e. The zero-order valence-electron chi connectivity index (χ0n) is 8.60. The van der Waals surface area contributed by atoms with E-state index in [1.54, 1.807) is 0 Å². The Labute approximate surface area is 97.2 Å². The fraction of sp³-hybridized carbons (Fsp3) is 1.00. The molecule has 0 radical (unpaired) electrons. The monoisotopic (exact) mass is 270 g/mol. The Morgan fingerprint density at radius 1 is 1.13 bits per heavy atom. The van der Waals surface area contributed by atoms with Gasteiger partial charge in [-0.1, -0.05) is 15.9 Å². The molecule has 6 rings (SSSR count). The second kappa shape index (κ2) is 1.85. The van der Waals surface area contributed by atoms with E-state index in [2.05, 4.69) is 15.9 Å². The molecule has 6 fully saturated rings. The predicted molar refractivity (Wildman–Crippen MR) is 57.3 cm³/mol. The summed E-state index contributed by atoms with van der Waals surface area (Å²) < 4.78 is 0. The van der Waals surface area contributed by atoms with Crippen molar-refractivity contribution in [1.82, 2.24) is 0 Å². The number of hydrogen-bond acceptors (Lipinski definition) is 2. The first-order valence-electron chi connectivity index (χ1n) is 6.09. The second-order valence-corrected chi connectivity index (χ2v) is 7.75. The summed E-state index contributed by atoms with van der Waals surface area (Å²) in [5.74, 6) is 3.70. The first kappa shape index (κ1) is 8.48. The van der Waals surface area contributed by atoms with Crippen molar-refractivity contribution in [3.8, 4) is 0 Å². The second-order valence-electron chi connectivity index (χ2n) is 6.76. The number of halogens is 1. The minimum atomic E-state index is -0.583. The normalized spacial score (nSPS) is 85.6. The summed E-state index contributed by atoms with van der Waals surface area (Å²) in [7, 11) is 0. The predicted octanol–water partition coefficient (Wildman–Crippen LogP) is 1.00. The van der Waals surface area contributed by atoms with Crippen LogP contribution in [0.1, 0.15) is 13.3 Å². The van der Waals surface area contributed by atoms with E-state index in [0.717, 1.165) is 5.92 Å². The topological polar surface area (TPSA) is 40.5 Å². The van der Waals surface area contributed by atoms with Crippen molar-refractivity contribution in [2.24, 2.45) is 41.4 Å². The van der Waals surface area contributed by atoms with Crippen molar-refractivity contribution in [3.63, 3.8) is 0 Å². The molecule has 0 amide bonds. The molecule has 6 saturated carbocycles. The summed E-state index contributed by atoms with van der Waals surface area (Å²) in [5, 5.41) is 21.6. The minimum Gasteiger partial charge on any atom is -0.389 e. The molecule has 6 aliphatic carbocycles. The lowest BCUT2D eigenvalue weighted by atomic mass is 9.69. The Balaban J connectivity index is 1.88. The number of alkyl halides is 1. The van der Waals surface area contributed by atoms with Gasteiger partial charge < -0.3 is 10.2 Å². The smallest absolute Gasteiger partial charge is 0.0867 e. The van der Waals surface area contributed by atoms with E-state index in [1.807, 2.05) is 6.92 Å². The molecule has 10 atom stereocenters. The molecule has 0 saturated heterocycles. The van der Waals surface area contributed by atoms with Gasteiger partial charge >= 0.3 is 0 Å². The van der Waals surface area contributed by atoms with Gasteiger partial charge in [-0.3, -0.25) is 0 Å². The van der Waals surface area contributed by atoms with Crippen molar-refractivity contribution in [1.29, 1.82) is 0 Å². The zero-order valence-corrected chi connectivity index (χ0v) is 10.2. The van der Waals surface area contributed by atoms with Crippen molar-refractivity contribution in [2.45, 2.75) is 29.4 Å². The van der Waals surface area contributed by atoms with Gasteiger partial charge in [0.1, 0.15) is 0 Å². The fourth-order valence-corrected chi connectivity index (χ4v) is 8.39. The molecular formula is C12H15BrO2. The van der Waals surface area contributed by atoms with Gasteiger partial charge in [-0.25, -0.2) is 0 Å². The highest BCUT2D eigenvalue weighted by atomic mass is 79.9. The highest BCUT2D eigenvalue weighted by Crippen LogP contribution is 2.87. The molecule has 2 nitrogen and oxygen atoms in total. The van der Waals surface area contributed by atoms with Crippen LogP contribution in [-0.2, 0) is 0 Å². The van der Waals surface area contributed by atoms with Gasteiger partial charge in [-0.2, -0.15) is 0 Å². The van der Waals surface area contributed by atoms with Gasteiger partial charge in [0.25, 0.3) is 0 Å². The summed E-state index contributed by atoms with van der Waals surface area (Å²) in [4.78, 5) is 0.263. The van der Waals surface area contributed by atoms with Crippen LogP contribution in [0.25, 0.3) is 0 Å². The van der Waals surface area contributed by atoms with Crippen LogP contribution in [0.3, 0.4) is 0 Å². The first-order chi connectivity index (χ1) is 7.00. The largest absolute Gasteiger partial charge is 0.389 e. The Morgan fingerprint density at radius 2 is 1.80 bits per heavy atom. The quantitative estimate of drug-likeness (QED) is 0.645. The molecule has 0 spiro atoms. The Kier molecular flexibility index (Phi) is 1.05. The standard InChI is InChI=1S/C12H15BrO2/c1-11(14)7-3-2-4-6-5(3)9(11)12(15,8(4)7)10(6)13/h3-10,14-15H,2H2,1H3/t3-,4-,5+,6-,7-,8-,9+,10+,11-,12+/m0/s1. The van der Waals surface area contributed by atoms with E-state index in [0.29, 0.717) is 29.6 Å². The van der Waals surface area contributed by atoms with Crippen LogP contribution < -0.4 is 0 Å². The summed E-state index contributed by atoms with van der Waals surface area (Å²) in [6.45, 7) is 1.98. The average Bonchev–Trinajstić information content (AvgIpc) is 2.81. The zero-order chi connectivity index (χ0) is 10.3. The Morgan fingerprint density at radius 3 is 2.47 bits per heavy atom. The third-order valence-corrected chi connectivity index (χ3v) is 8.13. The number of hydrogen-bond donors (Lipinski definition) is 2. The highest BCUT2D eigenvalue weighted by molar-refractivity contribution is 9.09. The van der Waals surface area contributed by atoms with Crippen molar-refractivity contribution in [3.05, 3.63) is 0 Å². The van der Waals surface area contributed by atoms with E-state index >= 15 is 0 Å². The van der Waals surface area contributed by atoms with Crippen LogP contribution in [0.2, 0.25) is 0 Å². The summed E-state index contributed by atoms with van der Waals surface area (Å²) in [5.41, 5.74) is -1.15. The van der Waals surface area contributed by atoms with Crippen LogP contribution in [0.4, 0.5) is 0 Å². The lowest BCUT2D eigenvalue weighted by molar-refractivity contribution is -0.0700. The Bertz CT molecular complexity index is 393. The molecule has 82 valence electrons. The van der Waals surface area contributed by atoms with Crippen molar-refractivity contribution < 1.29 is 10.2 Å². The molecule has 6 aliphatic rings. The Hall–Kier alpha value is 0.400. The van der Waals surface area contributed by atoms with Crippen molar-refractivity contribution >= 4 is 15.9 Å². The molecule has 0 heterocycles. The highest BCUT2D eigenvalue weighted by Gasteiger charge is 2.91. The van der Waals surface area contributed by atoms with Gasteiger partial charge in [0.2, 0.25) is 0 Å². The molecule has 6 bridgehead atoms. The number of rotatable bonds is 0. The van der Waals surface area contributed by atoms with Gasteiger partial charge in [0.15, 0.2) is 0 Å². The van der Waals surface area contributed by atoms with Gasteiger partial charge in [-0.05, 0) is 48.9 Å². The van der Waals surface area contributed by atoms with E-state index in [1.165, 1.54) is 6.42 Å². The molecule has 15 heavy (non-hydrogen) atoms. The summed E-state index contributed by atoms with van der Waals surface area (Å²) in [6, 6.07) is 0. The lowest BCUT2D eigenvalue weighted by Gasteiger charge is -2.38. The van der Waals surface area contributed by atoms with Gasteiger partial charge in [0.05, 0.1) is 11.2 Å². The van der Waals surface area contributed by atoms with Gasteiger partial charge in [0, 0.05) is 10.7 Å². The maximum absolute atomic E-state index is 10.9.